The van der Waals surface area contributed by atoms with Crippen LogP contribution >= 0.6 is 11.6 Å². The molecule has 4 rings (SSSR count). The molecular formula is C27H18ClN3O6S. The van der Waals surface area contributed by atoms with E-state index in [4.69, 9.17) is 15.8 Å². The lowest BCUT2D eigenvalue weighted by atomic mass is 10.0. The van der Waals surface area contributed by atoms with Crippen molar-refractivity contribution in [1.82, 2.24) is 0 Å². The Hall–Kier alpha value is -4.72. The first-order chi connectivity index (χ1) is 18.1. The predicted octanol–water partition coefficient (Wildman–Crippen LogP) is 6.02. The van der Waals surface area contributed by atoms with Crippen molar-refractivity contribution in [2.45, 2.75) is 11.8 Å². The number of hydrogen-bond acceptors (Lipinski definition) is 7. The van der Waals surface area contributed by atoms with E-state index in [0.717, 1.165) is 11.6 Å². The van der Waals surface area contributed by atoms with E-state index >= 15 is 0 Å². The zero-order chi connectivity index (χ0) is 27.4. The number of nitro groups is 1. The van der Waals surface area contributed by atoms with Gasteiger partial charge in [0.1, 0.15) is 21.6 Å². The SMILES string of the molecule is Cc1ccc(S(=O)(=O)Oc2ccc3ccccc3c2/C=C(\C#N)C(=O)Nc2ccc(Cl)c([N+](=O)[O-])c2)cc1. The number of halogens is 1. The number of amides is 1. The van der Waals surface area contributed by atoms with E-state index < -0.39 is 32.2 Å². The molecule has 0 aliphatic rings. The summed E-state index contributed by atoms with van der Waals surface area (Å²) in [5.41, 5.74) is 0.291. The molecule has 0 fully saturated rings. The largest absolute Gasteiger partial charge is 0.378 e. The zero-order valence-corrected chi connectivity index (χ0v) is 21.3. The first kappa shape index (κ1) is 26.3. The van der Waals surface area contributed by atoms with Gasteiger partial charge in [0, 0.05) is 17.3 Å². The number of nitriles is 1. The molecule has 0 aliphatic heterocycles. The maximum absolute atomic E-state index is 13.0. The molecule has 0 saturated carbocycles. The van der Waals surface area contributed by atoms with Crippen molar-refractivity contribution in [3.8, 4) is 11.8 Å². The van der Waals surface area contributed by atoms with Gasteiger partial charge in [-0.2, -0.15) is 13.7 Å². The van der Waals surface area contributed by atoms with Crippen LogP contribution in [0.25, 0.3) is 16.8 Å². The summed E-state index contributed by atoms with van der Waals surface area (Å²) in [6.07, 6.45) is 1.21. The number of nitro benzene ring substituents is 1. The molecule has 0 saturated heterocycles. The fraction of sp³-hybridized carbons (Fsp3) is 0.0370. The molecule has 4 aromatic carbocycles. The van der Waals surface area contributed by atoms with Crippen LogP contribution in [0.1, 0.15) is 11.1 Å². The summed E-state index contributed by atoms with van der Waals surface area (Å²) in [6.45, 7) is 1.82. The number of rotatable bonds is 7. The molecule has 0 radical (unpaired) electrons. The summed E-state index contributed by atoms with van der Waals surface area (Å²) >= 11 is 5.82. The van der Waals surface area contributed by atoms with Gasteiger partial charge in [0.25, 0.3) is 11.6 Å². The maximum Gasteiger partial charge on any atom is 0.339 e. The maximum atomic E-state index is 13.0. The first-order valence-electron chi connectivity index (χ1n) is 11.0. The van der Waals surface area contributed by atoms with Gasteiger partial charge in [-0.05, 0) is 54.1 Å². The Labute approximate surface area is 222 Å². The first-order valence-corrected chi connectivity index (χ1v) is 12.8. The highest BCUT2D eigenvalue weighted by molar-refractivity contribution is 7.87. The molecule has 1 N–H and O–H groups in total. The number of carbonyl (C=O) groups is 1. The van der Waals surface area contributed by atoms with E-state index in [1.165, 1.54) is 36.4 Å². The molecule has 0 unspecified atom stereocenters. The molecule has 0 aliphatic carbocycles. The van der Waals surface area contributed by atoms with E-state index in [0.29, 0.717) is 10.8 Å². The molecule has 38 heavy (non-hydrogen) atoms. The van der Waals surface area contributed by atoms with Crippen molar-refractivity contribution in [3.63, 3.8) is 0 Å². The number of nitrogens with one attached hydrogen (secondary N) is 1. The van der Waals surface area contributed by atoms with Gasteiger partial charge in [0.05, 0.1) is 4.92 Å². The smallest absolute Gasteiger partial charge is 0.339 e. The number of hydrogen-bond donors (Lipinski definition) is 1. The highest BCUT2D eigenvalue weighted by Gasteiger charge is 2.21. The van der Waals surface area contributed by atoms with Crippen LogP contribution < -0.4 is 9.50 Å². The Morgan fingerprint density at radius 2 is 1.79 bits per heavy atom. The Kier molecular flexibility index (Phi) is 7.43. The van der Waals surface area contributed by atoms with Crippen molar-refractivity contribution in [1.29, 1.82) is 5.26 Å². The highest BCUT2D eigenvalue weighted by Crippen LogP contribution is 2.33. The van der Waals surface area contributed by atoms with Crippen LogP contribution in [0.2, 0.25) is 5.02 Å². The van der Waals surface area contributed by atoms with Crippen molar-refractivity contribution in [2.24, 2.45) is 0 Å². The number of anilines is 1. The minimum absolute atomic E-state index is 0.0450. The standard InChI is InChI=1S/C27H18ClN3O6S/c1-17-6-10-21(11-7-17)38(35,36)37-26-13-8-18-4-2-3-5-22(18)23(26)14-19(16-29)27(32)30-20-9-12-24(28)25(15-20)31(33)34/h2-15H,1H3,(H,30,32)/b19-14+. The molecule has 190 valence electrons. The third-order valence-electron chi connectivity index (χ3n) is 5.49. The number of aryl methyl sites for hydroxylation is 1. The summed E-state index contributed by atoms with van der Waals surface area (Å²) in [5, 5.41) is 24.5. The van der Waals surface area contributed by atoms with E-state index in [1.54, 1.807) is 48.5 Å². The van der Waals surface area contributed by atoms with Crippen molar-refractivity contribution < 1.29 is 22.3 Å². The fourth-order valence-corrected chi connectivity index (χ4v) is 4.72. The minimum Gasteiger partial charge on any atom is -0.378 e. The molecule has 9 nitrogen and oxygen atoms in total. The van der Waals surface area contributed by atoms with Crippen molar-refractivity contribution in [3.05, 3.63) is 111 Å². The van der Waals surface area contributed by atoms with Gasteiger partial charge < -0.3 is 9.50 Å². The predicted molar refractivity (Wildman–Crippen MR) is 143 cm³/mol. The summed E-state index contributed by atoms with van der Waals surface area (Å²) in [4.78, 5) is 23.3. The second-order valence-electron chi connectivity index (χ2n) is 8.10. The zero-order valence-electron chi connectivity index (χ0n) is 19.7. The van der Waals surface area contributed by atoms with Gasteiger partial charge in [-0.1, -0.05) is 59.6 Å². The van der Waals surface area contributed by atoms with Crippen LogP contribution in [-0.2, 0) is 14.9 Å². The lowest BCUT2D eigenvalue weighted by molar-refractivity contribution is -0.384. The van der Waals surface area contributed by atoms with Crippen LogP contribution in [0, 0.1) is 28.4 Å². The van der Waals surface area contributed by atoms with Crippen molar-refractivity contribution in [2.75, 3.05) is 5.32 Å². The topological polar surface area (TPSA) is 139 Å². The Balaban J connectivity index is 1.76. The monoisotopic (exact) mass is 547 g/mol. The fourth-order valence-electron chi connectivity index (χ4n) is 3.59. The number of fused-ring (bicyclic) bond motifs is 1. The van der Waals surface area contributed by atoms with Crippen LogP contribution in [0.5, 0.6) is 5.75 Å². The molecule has 4 aromatic rings. The van der Waals surface area contributed by atoms with Gasteiger partial charge in [-0.25, -0.2) is 0 Å². The molecule has 0 aromatic heterocycles. The number of carbonyl (C=O) groups excluding carboxylic acids is 1. The van der Waals surface area contributed by atoms with E-state index in [2.05, 4.69) is 5.32 Å². The van der Waals surface area contributed by atoms with Crippen LogP contribution in [-0.4, -0.2) is 19.2 Å². The molecule has 0 spiro atoms. The summed E-state index contributed by atoms with van der Waals surface area (Å²) in [6, 6.07) is 21.6. The molecule has 11 heteroatoms. The van der Waals surface area contributed by atoms with E-state index in [9.17, 15) is 28.6 Å². The summed E-state index contributed by atoms with van der Waals surface area (Å²) < 4.78 is 31.4. The second kappa shape index (κ2) is 10.7. The molecule has 0 bridgehead atoms. The quantitative estimate of drug-likeness (QED) is 0.0980. The van der Waals surface area contributed by atoms with Gasteiger partial charge in [0.2, 0.25) is 0 Å². The molecule has 1 amide bonds. The van der Waals surface area contributed by atoms with Crippen molar-refractivity contribution >= 4 is 55.8 Å². The lowest BCUT2D eigenvalue weighted by Crippen LogP contribution is -2.14. The van der Waals surface area contributed by atoms with Crippen LogP contribution in [0.4, 0.5) is 11.4 Å². The van der Waals surface area contributed by atoms with Gasteiger partial charge in [-0.3, -0.25) is 14.9 Å². The third kappa shape index (κ3) is 5.64. The van der Waals surface area contributed by atoms with Crippen LogP contribution in [0.3, 0.4) is 0 Å². The Morgan fingerprint density at radius 1 is 1.08 bits per heavy atom. The third-order valence-corrected chi connectivity index (χ3v) is 7.06. The highest BCUT2D eigenvalue weighted by atomic mass is 35.5. The number of nitrogens with zero attached hydrogens (tertiary/aromatic N) is 2. The molecular weight excluding hydrogens is 530 g/mol. The average molecular weight is 548 g/mol. The average Bonchev–Trinajstić information content (AvgIpc) is 2.89. The van der Waals surface area contributed by atoms with E-state index in [1.807, 2.05) is 6.92 Å². The summed E-state index contributed by atoms with van der Waals surface area (Å²) in [5.74, 6) is -0.962. The van der Waals surface area contributed by atoms with Gasteiger partial charge in [0.15, 0.2) is 5.75 Å². The minimum atomic E-state index is -4.24. The number of benzene rings is 4. The normalized spacial score (nSPS) is 11.6. The second-order valence-corrected chi connectivity index (χ2v) is 10.0. The Bertz CT molecular complexity index is 1760. The van der Waals surface area contributed by atoms with Gasteiger partial charge >= 0.3 is 10.1 Å². The van der Waals surface area contributed by atoms with Crippen LogP contribution in [0.15, 0.2) is 89.3 Å². The lowest BCUT2D eigenvalue weighted by Gasteiger charge is -2.13. The summed E-state index contributed by atoms with van der Waals surface area (Å²) in [7, 11) is -4.24. The van der Waals surface area contributed by atoms with Gasteiger partial charge in [-0.15, -0.1) is 0 Å². The van der Waals surface area contributed by atoms with E-state index in [-0.39, 0.29) is 26.9 Å². The Morgan fingerprint density at radius 3 is 2.47 bits per heavy atom. The molecule has 0 atom stereocenters. The molecule has 0 heterocycles.